The third-order valence-corrected chi connectivity index (χ3v) is 5.19. The van der Waals surface area contributed by atoms with Gasteiger partial charge in [-0.2, -0.15) is 0 Å². The van der Waals surface area contributed by atoms with Crippen molar-refractivity contribution in [2.24, 2.45) is 11.7 Å². The summed E-state index contributed by atoms with van der Waals surface area (Å²) >= 11 is 0. The molecular formula is C19H29ClN2O2. The van der Waals surface area contributed by atoms with Crippen LogP contribution in [0, 0.1) is 5.92 Å². The Labute approximate surface area is 150 Å². The summed E-state index contributed by atoms with van der Waals surface area (Å²) in [7, 11) is 0. The van der Waals surface area contributed by atoms with Crippen LogP contribution in [-0.2, 0) is 16.1 Å². The number of carbonyl (C=O) groups excluding carboxylic acids is 1. The van der Waals surface area contributed by atoms with Crippen molar-refractivity contribution in [3.63, 3.8) is 0 Å². The number of benzene rings is 1. The first-order valence-electron chi connectivity index (χ1n) is 8.96. The number of anilines is 1. The summed E-state index contributed by atoms with van der Waals surface area (Å²) in [4.78, 5) is 12.1. The first-order chi connectivity index (χ1) is 11.2. The van der Waals surface area contributed by atoms with Crippen molar-refractivity contribution in [2.45, 2.75) is 70.1 Å². The number of amides is 1. The Kier molecular flexibility index (Phi) is 7.53. The van der Waals surface area contributed by atoms with Crippen molar-refractivity contribution in [2.75, 3.05) is 5.32 Å². The molecule has 0 saturated heterocycles. The quantitative estimate of drug-likeness (QED) is 0.812. The molecule has 0 bridgehead atoms. The predicted octanol–water partition coefficient (Wildman–Crippen LogP) is 4.02. The average Bonchev–Trinajstić information content (AvgIpc) is 3.19. The zero-order valence-electron chi connectivity index (χ0n) is 14.2. The van der Waals surface area contributed by atoms with Gasteiger partial charge in [-0.05, 0) is 49.3 Å². The lowest BCUT2D eigenvalue weighted by Crippen LogP contribution is -2.28. The van der Waals surface area contributed by atoms with Crippen LogP contribution < -0.4 is 11.1 Å². The highest BCUT2D eigenvalue weighted by molar-refractivity contribution is 5.90. The Morgan fingerprint density at radius 3 is 2.42 bits per heavy atom. The Balaban J connectivity index is 0.00000208. The van der Waals surface area contributed by atoms with Crippen LogP contribution >= 0.6 is 12.4 Å². The number of nitrogens with two attached hydrogens (primary N) is 1. The maximum atomic E-state index is 12.1. The van der Waals surface area contributed by atoms with Crippen LogP contribution in [0.4, 0.5) is 5.69 Å². The third-order valence-electron chi connectivity index (χ3n) is 5.19. The summed E-state index contributed by atoms with van der Waals surface area (Å²) < 4.78 is 5.91. The second-order valence-corrected chi connectivity index (χ2v) is 7.02. The number of carbonyl (C=O) groups is 1. The van der Waals surface area contributed by atoms with E-state index in [1.165, 1.54) is 25.7 Å². The maximum Gasteiger partial charge on any atom is 0.224 e. The predicted molar refractivity (Wildman–Crippen MR) is 99.3 cm³/mol. The molecule has 3 N–H and O–H groups in total. The van der Waals surface area contributed by atoms with E-state index in [2.05, 4.69) is 5.32 Å². The molecule has 4 nitrogen and oxygen atoms in total. The molecule has 0 unspecified atom stereocenters. The Morgan fingerprint density at radius 2 is 1.79 bits per heavy atom. The molecule has 0 heterocycles. The molecule has 5 heteroatoms. The lowest BCUT2D eigenvalue weighted by molar-refractivity contribution is -0.117. The van der Waals surface area contributed by atoms with Crippen molar-refractivity contribution in [1.82, 2.24) is 0 Å². The van der Waals surface area contributed by atoms with E-state index in [-0.39, 0.29) is 24.4 Å². The lowest BCUT2D eigenvalue weighted by Gasteiger charge is -2.15. The van der Waals surface area contributed by atoms with Gasteiger partial charge in [0, 0.05) is 18.2 Å². The highest BCUT2D eigenvalue weighted by Crippen LogP contribution is 2.27. The fraction of sp³-hybridized carbons (Fsp3) is 0.632. The first-order valence-corrected chi connectivity index (χ1v) is 8.96. The minimum Gasteiger partial charge on any atom is -0.374 e. The first kappa shape index (κ1) is 19.2. The largest absolute Gasteiger partial charge is 0.374 e. The average molecular weight is 353 g/mol. The van der Waals surface area contributed by atoms with E-state index in [0.717, 1.165) is 30.5 Å². The molecule has 134 valence electrons. The monoisotopic (exact) mass is 352 g/mol. The summed E-state index contributed by atoms with van der Waals surface area (Å²) in [6, 6.07) is 8.17. The number of halogens is 1. The topological polar surface area (TPSA) is 64.4 Å². The van der Waals surface area contributed by atoms with Crippen molar-refractivity contribution < 1.29 is 9.53 Å². The van der Waals surface area contributed by atoms with Crippen LogP contribution in [0.15, 0.2) is 24.3 Å². The molecule has 2 aliphatic carbocycles. The number of hydrogen-bond acceptors (Lipinski definition) is 3. The number of hydrogen-bond donors (Lipinski definition) is 2. The summed E-state index contributed by atoms with van der Waals surface area (Å²) in [6.07, 6.45) is 9.21. The van der Waals surface area contributed by atoms with E-state index in [4.69, 9.17) is 10.5 Å². The third kappa shape index (κ3) is 5.47. The molecular weight excluding hydrogens is 324 g/mol. The van der Waals surface area contributed by atoms with Crippen LogP contribution in [0.25, 0.3) is 0 Å². The maximum absolute atomic E-state index is 12.1. The Hall–Kier alpha value is -1.10. The van der Waals surface area contributed by atoms with E-state index >= 15 is 0 Å². The van der Waals surface area contributed by atoms with E-state index in [0.29, 0.717) is 25.0 Å². The number of rotatable bonds is 6. The summed E-state index contributed by atoms with van der Waals surface area (Å²) in [5, 5.41) is 2.98. The molecule has 0 spiro atoms. The molecule has 0 radical (unpaired) electrons. The van der Waals surface area contributed by atoms with Gasteiger partial charge >= 0.3 is 0 Å². The molecule has 1 aromatic rings. The molecule has 3 rings (SSSR count). The highest BCUT2D eigenvalue weighted by atomic mass is 35.5. The zero-order chi connectivity index (χ0) is 16.1. The normalized spacial score (nSPS) is 23.9. The number of ether oxygens (including phenoxy) is 1. The highest BCUT2D eigenvalue weighted by Gasteiger charge is 2.26. The molecule has 1 amide bonds. The van der Waals surface area contributed by atoms with Gasteiger partial charge in [0.2, 0.25) is 5.91 Å². The van der Waals surface area contributed by atoms with E-state index in [1.54, 1.807) is 0 Å². The molecule has 0 aromatic heterocycles. The van der Waals surface area contributed by atoms with Crippen LogP contribution in [0.1, 0.15) is 56.9 Å². The van der Waals surface area contributed by atoms with Gasteiger partial charge in [-0.3, -0.25) is 4.79 Å². The molecule has 2 atom stereocenters. The van der Waals surface area contributed by atoms with Gasteiger partial charge in [0.1, 0.15) is 0 Å². The van der Waals surface area contributed by atoms with Crippen molar-refractivity contribution >= 4 is 24.0 Å². The van der Waals surface area contributed by atoms with Crippen LogP contribution in [0.2, 0.25) is 0 Å². The second-order valence-electron chi connectivity index (χ2n) is 7.02. The minimum absolute atomic E-state index is 0. The van der Waals surface area contributed by atoms with Gasteiger partial charge in [-0.1, -0.05) is 31.4 Å². The minimum atomic E-state index is 0. The lowest BCUT2D eigenvalue weighted by atomic mass is 10.00. The van der Waals surface area contributed by atoms with Gasteiger partial charge in [-0.15, -0.1) is 12.4 Å². The van der Waals surface area contributed by atoms with Crippen LogP contribution in [0.3, 0.4) is 0 Å². The molecule has 24 heavy (non-hydrogen) atoms. The van der Waals surface area contributed by atoms with Crippen molar-refractivity contribution in [1.29, 1.82) is 0 Å². The van der Waals surface area contributed by atoms with E-state index in [9.17, 15) is 4.79 Å². The summed E-state index contributed by atoms with van der Waals surface area (Å²) in [5.74, 6) is 0.413. The standard InChI is InChI=1S/C19H28N2O2.ClH/c20-18-7-3-4-15(18)12-19(22)21-16-10-8-14(9-11-16)13-23-17-5-1-2-6-17;/h8-11,15,17-18H,1-7,12-13,20H2,(H,21,22);1H/t15-,18+;/m0./s1. The Bertz CT molecular complexity index is 515. The summed E-state index contributed by atoms with van der Waals surface area (Å²) in [6.45, 7) is 0.663. The van der Waals surface area contributed by atoms with Crippen LogP contribution in [-0.4, -0.2) is 18.1 Å². The fourth-order valence-corrected chi connectivity index (χ4v) is 3.72. The van der Waals surface area contributed by atoms with Gasteiger partial charge in [-0.25, -0.2) is 0 Å². The smallest absolute Gasteiger partial charge is 0.224 e. The van der Waals surface area contributed by atoms with E-state index < -0.39 is 0 Å². The van der Waals surface area contributed by atoms with Gasteiger partial charge in [0.15, 0.2) is 0 Å². The SMILES string of the molecule is Cl.N[C@@H]1CCC[C@H]1CC(=O)Nc1ccc(COC2CCCC2)cc1. The van der Waals surface area contributed by atoms with Crippen molar-refractivity contribution in [3.8, 4) is 0 Å². The Morgan fingerprint density at radius 1 is 1.08 bits per heavy atom. The zero-order valence-corrected chi connectivity index (χ0v) is 15.0. The van der Waals surface area contributed by atoms with Gasteiger partial charge in [0.05, 0.1) is 12.7 Å². The van der Waals surface area contributed by atoms with Gasteiger partial charge < -0.3 is 15.8 Å². The van der Waals surface area contributed by atoms with Crippen LogP contribution in [0.5, 0.6) is 0 Å². The molecule has 2 aliphatic rings. The number of nitrogens with one attached hydrogen (secondary N) is 1. The van der Waals surface area contributed by atoms with Crippen molar-refractivity contribution in [3.05, 3.63) is 29.8 Å². The second kappa shape index (κ2) is 9.40. The molecule has 2 saturated carbocycles. The van der Waals surface area contributed by atoms with E-state index in [1.807, 2.05) is 24.3 Å². The molecule has 1 aromatic carbocycles. The fourth-order valence-electron chi connectivity index (χ4n) is 3.72. The molecule has 0 aliphatic heterocycles. The summed E-state index contributed by atoms with van der Waals surface area (Å²) in [5.41, 5.74) is 8.04. The molecule has 2 fully saturated rings. The van der Waals surface area contributed by atoms with Gasteiger partial charge in [0.25, 0.3) is 0 Å².